The molecule has 14 heavy (non-hydrogen) atoms. The maximum atomic E-state index is 4.11. The van der Waals surface area contributed by atoms with Crippen molar-refractivity contribution in [2.75, 3.05) is 14.1 Å². The Labute approximate surface area is 92.0 Å². The van der Waals surface area contributed by atoms with Crippen molar-refractivity contribution in [3.8, 4) is 10.4 Å². The summed E-state index contributed by atoms with van der Waals surface area (Å²) in [4.78, 5) is 4.90. The first-order chi connectivity index (χ1) is 6.75. The number of nitrogens with zero attached hydrogens (tertiary/aromatic N) is 2. The van der Waals surface area contributed by atoms with Gasteiger partial charge in [-0.25, -0.2) is 4.37 Å². The lowest BCUT2D eigenvalue weighted by atomic mass is 10.3. The summed E-state index contributed by atoms with van der Waals surface area (Å²) in [5, 5.41) is 2.09. The Morgan fingerprint density at radius 2 is 2.21 bits per heavy atom. The fourth-order valence-corrected chi connectivity index (χ4v) is 2.97. The Bertz CT molecular complexity index is 390. The van der Waals surface area contributed by atoms with Gasteiger partial charge in [0.15, 0.2) is 0 Å². The highest BCUT2D eigenvalue weighted by Crippen LogP contribution is 2.28. The third-order valence-electron chi connectivity index (χ3n) is 1.85. The number of aromatic nitrogens is 1. The highest BCUT2D eigenvalue weighted by molar-refractivity contribution is 7.15. The minimum Gasteiger partial charge on any atom is -0.304 e. The second kappa shape index (κ2) is 4.21. The molecule has 2 aromatic heterocycles. The highest BCUT2D eigenvalue weighted by atomic mass is 32.1. The first-order valence-electron chi connectivity index (χ1n) is 4.39. The Morgan fingerprint density at radius 3 is 2.86 bits per heavy atom. The highest BCUT2D eigenvalue weighted by Gasteiger charge is 2.04. The van der Waals surface area contributed by atoms with Crippen molar-refractivity contribution >= 4 is 22.9 Å². The summed E-state index contributed by atoms with van der Waals surface area (Å²) in [6.07, 6.45) is 1.93. The Kier molecular flexibility index (Phi) is 2.96. The van der Waals surface area contributed by atoms with E-state index >= 15 is 0 Å². The van der Waals surface area contributed by atoms with Gasteiger partial charge in [-0.05, 0) is 37.8 Å². The lowest BCUT2D eigenvalue weighted by Crippen LogP contribution is -2.09. The molecular formula is C10H12N2S2. The van der Waals surface area contributed by atoms with Crippen molar-refractivity contribution in [1.29, 1.82) is 0 Å². The summed E-state index contributed by atoms with van der Waals surface area (Å²) in [6, 6.07) is 4.37. The van der Waals surface area contributed by atoms with Gasteiger partial charge in [0, 0.05) is 33.4 Å². The summed E-state index contributed by atoms with van der Waals surface area (Å²) >= 11 is 3.35. The predicted octanol–water partition coefficient (Wildman–Crippen LogP) is 2.93. The van der Waals surface area contributed by atoms with Crippen molar-refractivity contribution < 1.29 is 0 Å². The van der Waals surface area contributed by atoms with Crippen molar-refractivity contribution in [2.24, 2.45) is 0 Å². The third-order valence-corrected chi connectivity index (χ3v) is 3.56. The lowest BCUT2D eigenvalue weighted by molar-refractivity contribution is 0.406. The second-order valence-electron chi connectivity index (χ2n) is 3.42. The molecule has 0 atom stereocenters. The van der Waals surface area contributed by atoms with Crippen LogP contribution >= 0.6 is 22.9 Å². The van der Waals surface area contributed by atoms with Gasteiger partial charge in [0.25, 0.3) is 0 Å². The fraction of sp³-hybridized carbons (Fsp3) is 0.300. The zero-order valence-electron chi connectivity index (χ0n) is 8.23. The molecule has 0 bridgehead atoms. The molecule has 0 amide bonds. The predicted molar refractivity (Wildman–Crippen MR) is 62.8 cm³/mol. The van der Waals surface area contributed by atoms with E-state index in [4.69, 9.17) is 0 Å². The van der Waals surface area contributed by atoms with E-state index in [0.29, 0.717) is 0 Å². The zero-order valence-corrected chi connectivity index (χ0v) is 9.86. The first kappa shape index (κ1) is 9.83. The average Bonchev–Trinajstić information content (AvgIpc) is 2.69. The molecule has 4 heteroatoms. The van der Waals surface area contributed by atoms with E-state index in [1.807, 2.05) is 17.5 Å². The summed E-state index contributed by atoms with van der Waals surface area (Å²) in [5.74, 6) is 0. The van der Waals surface area contributed by atoms with Crippen LogP contribution in [-0.4, -0.2) is 23.4 Å². The lowest BCUT2D eigenvalue weighted by Gasteiger charge is -2.05. The first-order valence-corrected chi connectivity index (χ1v) is 6.04. The van der Waals surface area contributed by atoms with E-state index in [1.165, 1.54) is 26.9 Å². The van der Waals surface area contributed by atoms with Crippen LogP contribution in [-0.2, 0) is 6.54 Å². The molecule has 0 fully saturated rings. The number of thiophene rings is 1. The summed E-state index contributed by atoms with van der Waals surface area (Å²) in [5.41, 5.74) is 1.24. The molecule has 0 aliphatic carbocycles. The summed E-state index contributed by atoms with van der Waals surface area (Å²) in [7, 11) is 4.18. The van der Waals surface area contributed by atoms with Gasteiger partial charge in [0.2, 0.25) is 0 Å². The SMILES string of the molecule is CN(C)Cc1ccc(-c2cnsc2)s1. The smallest absolute Gasteiger partial charge is 0.0493 e. The van der Waals surface area contributed by atoms with Crippen LogP contribution < -0.4 is 0 Å². The molecule has 2 rings (SSSR count). The minimum atomic E-state index is 1.02. The van der Waals surface area contributed by atoms with E-state index in [0.717, 1.165) is 6.54 Å². The van der Waals surface area contributed by atoms with Gasteiger partial charge < -0.3 is 4.90 Å². The molecule has 0 N–H and O–H groups in total. The quantitative estimate of drug-likeness (QED) is 0.797. The molecule has 74 valence electrons. The standard InChI is InChI=1S/C10H12N2S2/c1-12(2)6-9-3-4-10(14-9)8-5-11-13-7-8/h3-5,7H,6H2,1-2H3. The van der Waals surface area contributed by atoms with E-state index in [9.17, 15) is 0 Å². The molecule has 2 heterocycles. The van der Waals surface area contributed by atoms with Crippen LogP contribution in [0.15, 0.2) is 23.7 Å². The Hall–Kier alpha value is -0.710. The maximum absolute atomic E-state index is 4.11. The molecule has 0 unspecified atom stereocenters. The van der Waals surface area contributed by atoms with Gasteiger partial charge >= 0.3 is 0 Å². The summed E-state index contributed by atoms with van der Waals surface area (Å²) < 4.78 is 4.11. The van der Waals surface area contributed by atoms with Gasteiger partial charge in [-0.1, -0.05) is 0 Å². The summed E-state index contributed by atoms with van der Waals surface area (Å²) in [6.45, 7) is 1.02. The number of hydrogen-bond donors (Lipinski definition) is 0. The molecule has 2 nitrogen and oxygen atoms in total. The molecule has 0 radical (unpaired) electrons. The van der Waals surface area contributed by atoms with E-state index < -0.39 is 0 Å². The van der Waals surface area contributed by atoms with Crippen LogP contribution in [0.2, 0.25) is 0 Å². The largest absolute Gasteiger partial charge is 0.304 e. The van der Waals surface area contributed by atoms with Gasteiger partial charge in [-0.3, -0.25) is 0 Å². The molecule has 0 aliphatic rings. The van der Waals surface area contributed by atoms with Crippen LogP contribution in [0.3, 0.4) is 0 Å². The molecule has 0 spiro atoms. The maximum Gasteiger partial charge on any atom is 0.0493 e. The van der Waals surface area contributed by atoms with Crippen molar-refractivity contribution in [3.63, 3.8) is 0 Å². The average molecular weight is 224 g/mol. The van der Waals surface area contributed by atoms with E-state index in [2.05, 4.69) is 40.9 Å². The van der Waals surface area contributed by atoms with Crippen molar-refractivity contribution in [3.05, 3.63) is 28.6 Å². The number of rotatable bonds is 3. The van der Waals surface area contributed by atoms with Gasteiger partial charge in [0.05, 0.1) is 0 Å². The molecule has 0 saturated carbocycles. The Balaban J connectivity index is 2.18. The van der Waals surface area contributed by atoms with Gasteiger partial charge in [0.1, 0.15) is 0 Å². The second-order valence-corrected chi connectivity index (χ2v) is 5.24. The van der Waals surface area contributed by atoms with E-state index in [1.54, 1.807) is 0 Å². The molecule has 0 aliphatic heterocycles. The fourth-order valence-electron chi connectivity index (χ4n) is 1.26. The van der Waals surface area contributed by atoms with Crippen LogP contribution in [0.5, 0.6) is 0 Å². The topological polar surface area (TPSA) is 16.1 Å². The normalized spacial score (nSPS) is 11.1. The van der Waals surface area contributed by atoms with Crippen molar-refractivity contribution in [1.82, 2.24) is 9.27 Å². The number of hydrogen-bond acceptors (Lipinski definition) is 4. The van der Waals surface area contributed by atoms with Crippen LogP contribution in [0.4, 0.5) is 0 Å². The molecule has 2 aromatic rings. The molecular weight excluding hydrogens is 212 g/mol. The molecule has 0 saturated heterocycles. The van der Waals surface area contributed by atoms with Crippen molar-refractivity contribution in [2.45, 2.75) is 6.54 Å². The Morgan fingerprint density at radius 1 is 1.36 bits per heavy atom. The van der Waals surface area contributed by atoms with Gasteiger partial charge in [-0.15, -0.1) is 11.3 Å². The third kappa shape index (κ3) is 2.20. The minimum absolute atomic E-state index is 1.02. The van der Waals surface area contributed by atoms with Crippen LogP contribution in [0, 0.1) is 0 Å². The monoisotopic (exact) mass is 224 g/mol. The van der Waals surface area contributed by atoms with E-state index in [-0.39, 0.29) is 0 Å². The van der Waals surface area contributed by atoms with Crippen LogP contribution in [0.25, 0.3) is 10.4 Å². The van der Waals surface area contributed by atoms with Gasteiger partial charge in [-0.2, -0.15) is 0 Å². The zero-order chi connectivity index (χ0) is 9.97. The molecule has 0 aromatic carbocycles. The van der Waals surface area contributed by atoms with Crippen LogP contribution in [0.1, 0.15) is 4.88 Å².